The van der Waals surface area contributed by atoms with E-state index in [-0.39, 0.29) is 5.41 Å². The molecule has 0 saturated carbocycles. The van der Waals surface area contributed by atoms with Crippen LogP contribution in [0.2, 0.25) is 0 Å². The monoisotopic (exact) mass is 330 g/mol. The minimum absolute atomic E-state index is 0.148. The number of rotatable bonds is 1. The summed E-state index contributed by atoms with van der Waals surface area (Å²) in [4.78, 5) is 0. The quantitative estimate of drug-likeness (QED) is 0.410. The molecular formula is C23H24NO+. The third kappa shape index (κ3) is 2.62. The van der Waals surface area contributed by atoms with Gasteiger partial charge in [0.25, 0.3) is 0 Å². The molecule has 4 rings (SSSR count). The van der Waals surface area contributed by atoms with E-state index in [2.05, 4.69) is 81.9 Å². The number of benzene rings is 2. The molecule has 2 aromatic heterocycles. The first-order valence-corrected chi connectivity index (χ1v) is 8.76. The lowest BCUT2D eigenvalue weighted by Gasteiger charge is -2.19. The zero-order chi connectivity index (χ0) is 17.8. The molecule has 2 nitrogen and oxygen atoms in total. The van der Waals surface area contributed by atoms with E-state index >= 15 is 0 Å². The van der Waals surface area contributed by atoms with Crippen molar-refractivity contribution in [3.8, 4) is 11.3 Å². The van der Waals surface area contributed by atoms with Gasteiger partial charge in [-0.3, -0.25) is 0 Å². The predicted molar refractivity (Wildman–Crippen MR) is 104 cm³/mol. The Morgan fingerprint density at radius 3 is 2.48 bits per heavy atom. The highest BCUT2D eigenvalue weighted by molar-refractivity contribution is 5.96. The molecule has 0 unspecified atom stereocenters. The molecule has 2 aromatic carbocycles. The smallest absolute Gasteiger partial charge is 0.220 e. The van der Waals surface area contributed by atoms with Crippen molar-refractivity contribution in [2.24, 2.45) is 7.05 Å². The molecule has 0 saturated heterocycles. The van der Waals surface area contributed by atoms with Gasteiger partial charge in [0.2, 0.25) is 5.69 Å². The van der Waals surface area contributed by atoms with Crippen LogP contribution in [0.1, 0.15) is 31.9 Å². The molecule has 0 atom stereocenters. The van der Waals surface area contributed by atoms with Gasteiger partial charge in [-0.2, -0.15) is 0 Å². The Hall–Kier alpha value is -2.61. The third-order valence-electron chi connectivity index (χ3n) is 5.06. The average Bonchev–Trinajstić information content (AvgIpc) is 3.00. The van der Waals surface area contributed by atoms with Crippen molar-refractivity contribution in [2.75, 3.05) is 0 Å². The van der Waals surface area contributed by atoms with E-state index in [9.17, 15) is 0 Å². The molecule has 0 fully saturated rings. The van der Waals surface area contributed by atoms with E-state index in [1.165, 1.54) is 33.2 Å². The highest BCUT2D eigenvalue weighted by atomic mass is 16.3. The molecule has 0 aliphatic carbocycles. The Bertz CT molecular complexity index is 1100. The minimum Gasteiger partial charge on any atom is -0.464 e. The molecular weight excluding hydrogens is 306 g/mol. The molecule has 0 amide bonds. The van der Waals surface area contributed by atoms with E-state index in [1.54, 1.807) is 6.26 Å². The van der Waals surface area contributed by atoms with Gasteiger partial charge in [0, 0.05) is 11.5 Å². The van der Waals surface area contributed by atoms with Crippen LogP contribution in [0.3, 0.4) is 0 Å². The van der Waals surface area contributed by atoms with E-state index in [1.807, 2.05) is 6.07 Å². The molecule has 0 spiro atoms. The van der Waals surface area contributed by atoms with Gasteiger partial charge in [0.1, 0.15) is 12.6 Å². The summed E-state index contributed by atoms with van der Waals surface area (Å²) in [5, 5.41) is 3.70. The molecule has 0 radical (unpaired) electrons. The van der Waals surface area contributed by atoms with Crippen LogP contribution < -0.4 is 4.57 Å². The van der Waals surface area contributed by atoms with Gasteiger partial charge in [-0.1, -0.05) is 32.9 Å². The number of furan rings is 1. The van der Waals surface area contributed by atoms with Crippen molar-refractivity contribution in [1.29, 1.82) is 0 Å². The number of aromatic nitrogens is 1. The molecule has 0 aliphatic rings. The lowest BCUT2D eigenvalue weighted by atomic mass is 9.85. The Morgan fingerprint density at radius 1 is 0.920 bits per heavy atom. The normalized spacial score (nSPS) is 12.2. The Morgan fingerprint density at radius 2 is 1.72 bits per heavy atom. The Kier molecular flexibility index (Phi) is 3.47. The minimum atomic E-state index is 0.148. The molecule has 2 heterocycles. The van der Waals surface area contributed by atoms with Gasteiger partial charge in [0.15, 0.2) is 6.20 Å². The van der Waals surface area contributed by atoms with Gasteiger partial charge in [-0.15, -0.1) is 0 Å². The fourth-order valence-corrected chi connectivity index (χ4v) is 3.55. The van der Waals surface area contributed by atoms with E-state index < -0.39 is 0 Å². The van der Waals surface area contributed by atoms with Crippen LogP contribution in [0.5, 0.6) is 0 Å². The maximum Gasteiger partial charge on any atom is 0.220 e. The lowest BCUT2D eigenvalue weighted by molar-refractivity contribution is -0.659. The molecule has 0 aliphatic heterocycles. The van der Waals surface area contributed by atoms with Gasteiger partial charge >= 0.3 is 0 Å². The summed E-state index contributed by atoms with van der Waals surface area (Å²) in [5.41, 5.74) is 6.15. The average molecular weight is 330 g/mol. The summed E-state index contributed by atoms with van der Waals surface area (Å²) in [6, 6.07) is 15.4. The second-order valence-corrected chi connectivity index (χ2v) is 7.95. The van der Waals surface area contributed by atoms with Gasteiger partial charge in [-0.25, -0.2) is 4.57 Å². The summed E-state index contributed by atoms with van der Waals surface area (Å²) < 4.78 is 7.85. The maximum absolute atomic E-state index is 5.64. The van der Waals surface area contributed by atoms with Crippen LogP contribution in [-0.4, -0.2) is 0 Å². The molecule has 25 heavy (non-hydrogen) atoms. The van der Waals surface area contributed by atoms with Crippen molar-refractivity contribution < 1.29 is 8.98 Å². The third-order valence-corrected chi connectivity index (χ3v) is 5.06. The van der Waals surface area contributed by atoms with Crippen LogP contribution in [0.25, 0.3) is 33.0 Å². The van der Waals surface area contributed by atoms with Crippen molar-refractivity contribution in [1.82, 2.24) is 0 Å². The first-order valence-electron chi connectivity index (χ1n) is 8.76. The van der Waals surface area contributed by atoms with Crippen LogP contribution in [0.4, 0.5) is 0 Å². The summed E-state index contributed by atoms with van der Waals surface area (Å²) in [6.07, 6.45) is 3.91. The maximum atomic E-state index is 5.64. The van der Waals surface area contributed by atoms with E-state index in [0.29, 0.717) is 0 Å². The van der Waals surface area contributed by atoms with Gasteiger partial charge in [0.05, 0.1) is 17.2 Å². The highest BCUT2D eigenvalue weighted by Crippen LogP contribution is 2.33. The predicted octanol–water partition coefficient (Wildman–Crippen LogP) is 5.68. The molecule has 126 valence electrons. The first kappa shape index (κ1) is 15.9. The van der Waals surface area contributed by atoms with Crippen LogP contribution in [-0.2, 0) is 12.5 Å². The molecule has 0 bridgehead atoms. The van der Waals surface area contributed by atoms with Crippen molar-refractivity contribution in [3.05, 3.63) is 66.1 Å². The summed E-state index contributed by atoms with van der Waals surface area (Å²) in [5.74, 6) is 0. The topological polar surface area (TPSA) is 17.0 Å². The largest absolute Gasteiger partial charge is 0.464 e. The Labute approximate surface area is 148 Å². The SMILES string of the molecule is Cc1cc2ccoc2cc1-c1c2ccc(C(C)(C)C)cc2cc[n+]1C. The molecule has 0 N–H and O–H groups in total. The number of nitrogens with zero attached hydrogens (tertiary/aromatic N) is 1. The van der Waals surface area contributed by atoms with Crippen LogP contribution >= 0.6 is 0 Å². The lowest BCUT2D eigenvalue weighted by Crippen LogP contribution is -2.30. The molecule has 4 aromatic rings. The first-order chi connectivity index (χ1) is 11.8. The number of fused-ring (bicyclic) bond motifs is 2. The second kappa shape index (κ2) is 5.45. The van der Waals surface area contributed by atoms with Crippen molar-refractivity contribution in [3.63, 3.8) is 0 Å². The fraction of sp³-hybridized carbons (Fsp3) is 0.261. The standard InChI is InChI=1S/C23H24NO/c1-15-12-17-9-11-25-21(17)14-20(15)22-19-7-6-18(23(2,3)4)13-16(19)8-10-24(22)5/h6-14H,1-5H3/q+1. The number of hydrogen-bond acceptors (Lipinski definition) is 1. The van der Waals surface area contributed by atoms with Crippen LogP contribution in [0.15, 0.2) is 59.3 Å². The van der Waals surface area contributed by atoms with Gasteiger partial charge in [-0.05, 0) is 53.1 Å². The zero-order valence-electron chi connectivity index (χ0n) is 15.6. The van der Waals surface area contributed by atoms with Crippen molar-refractivity contribution in [2.45, 2.75) is 33.1 Å². The zero-order valence-corrected chi connectivity index (χ0v) is 15.6. The van der Waals surface area contributed by atoms with Crippen LogP contribution in [0, 0.1) is 6.92 Å². The summed E-state index contributed by atoms with van der Waals surface area (Å²) in [6.45, 7) is 8.94. The van der Waals surface area contributed by atoms with E-state index in [4.69, 9.17) is 4.42 Å². The van der Waals surface area contributed by atoms with E-state index in [0.717, 1.165) is 11.0 Å². The summed E-state index contributed by atoms with van der Waals surface area (Å²) in [7, 11) is 2.11. The summed E-state index contributed by atoms with van der Waals surface area (Å²) >= 11 is 0. The number of pyridine rings is 1. The number of hydrogen-bond donors (Lipinski definition) is 0. The molecule has 2 heteroatoms. The fourth-order valence-electron chi connectivity index (χ4n) is 3.55. The number of aryl methyl sites for hydroxylation is 2. The second-order valence-electron chi connectivity index (χ2n) is 7.95. The Balaban J connectivity index is 2.02. The van der Waals surface area contributed by atoms with Crippen molar-refractivity contribution >= 4 is 21.7 Å². The highest BCUT2D eigenvalue weighted by Gasteiger charge is 2.20. The van der Waals surface area contributed by atoms with Gasteiger partial charge < -0.3 is 4.42 Å².